The van der Waals surface area contributed by atoms with Gasteiger partial charge in [0.2, 0.25) is 5.82 Å². The first-order valence-corrected chi connectivity index (χ1v) is 5.58. The second-order valence-corrected chi connectivity index (χ2v) is 3.45. The van der Waals surface area contributed by atoms with Gasteiger partial charge in [-0.1, -0.05) is 35.5 Å². The lowest BCUT2D eigenvalue weighted by molar-refractivity contribution is -0.140. The standard InChI is InChI=1S/C12H13N3O3/c1-2-17-10(16)8-13-12-14-11(15-18-12)9-6-4-3-5-7-9/h3-7H,2,8H2,1H3,(H,13,14,15). The van der Waals surface area contributed by atoms with Gasteiger partial charge in [-0.25, -0.2) is 0 Å². The molecule has 0 saturated heterocycles. The number of aromatic nitrogens is 2. The summed E-state index contributed by atoms with van der Waals surface area (Å²) in [4.78, 5) is 15.2. The third-order valence-corrected chi connectivity index (χ3v) is 2.15. The molecule has 1 aromatic carbocycles. The Morgan fingerprint density at radius 2 is 2.17 bits per heavy atom. The first-order chi connectivity index (χ1) is 8.79. The Balaban J connectivity index is 1.97. The van der Waals surface area contributed by atoms with E-state index in [1.807, 2.05) is 30.3 Å². The van der Waals surface area contributed by atoms with Gasteiger partial charge >= 0.3 is 12.0 Å². The van der Waals surface area contributed by atoms with Crippen LogP contribution in [0.2, 0.25) is 0 Å². The lowest BCUT2D eigenvalue weighted by Gasteiger charge is -2.00. The minimum Gasteiger partial charge on any atom is -0.465 e. The molecule has 2 rings (SSSR count). The Hall–Kier alpha value is -2.37. The summed E-state index contributed by atoms with van der Waals surface area (Å²) < 4.78 is 9.73. The van der Waals surface area contributed by atoms with Gasteiger partial charge in [0.25, 0.3) is 0 Å². The van der Waals surface area contributed by atoms with Crippen molar-refractivity contribution < 1.29 is 14.1 Å². The Labute approximate surface area is 104 Å². The fourth-order valence-electron chi connectivity index (χ4n) is 1.36. The molecule has 0 bridgehead atoms. The molecule has 94 valence electrons. The maximum atomic E-state index is 11.1. The van der Waals surface area contributed by atoms with Gasteiger partial charge in [0.05, 0.1) is 6.61 Å². The number of carbonyl (C=O) groups is 1. The van der Waals surface area contributed by atoms with Crippen LogP contribution in [0.25, 0.3) is 11.4 Å². The van der Waals surface area contributed by atoms with Crippen molar-refractivity contribution in [2.45, 2.75) is 6.92 Å². The lowest BCUT2D eigenvalue weighted by Crippen LogP contribution is -2.16. The summed E-state index contributed by atoms with van der Waals surface area (Å²) in [6, 6.07) is 9.63. The van der Waals surface area contributed by atoms with Crippen molar-refractivity contribution in [2.24, 2.45) is 0 Å². The molecule has 0 fully saturated rings. The molecule has 0 aliphatic heterocycles. The Morgan fingerprint density at radius 1 is 1.39 bits per heavy atom. The highest BCUT2D eigenvalue weighted by Crippen LogP contribution is 2.16. The minimum atomic E-state index is -0.364. The number of hydrogen-bond acceptors (Lipinski definition) is 6. The maximum absolute atomic E-state index is 11.1. The summed E-state index contributed by atoms with van der Waals surface area (Å²) in [5, 5.41) is 6.51. The summed E-state index contributed by atoms with van der Waals surface area (Å²) >= 11 is 0. The second-order valence-electron chi connectivity index (χ2n) is 3.45. The van der Waals surface area contributed by atoms with Crippen LogP contribution in [0.1, 0.15) is 6.92 Å². The quantitative estimate of drug-likeness (QED) is 0.810. The summed E-state index contributed by atoms with van der Waals surface area (Å²) in [6.07, 6.45) is 0. The average Bonchev–Trinajstić information content (AvgIpc) is 2.87. The van der Waals surface area contributed by atoms with E-state index in [4.69, 9.17) is 9.26 Å². The highest BCUT2D eigenvalue weighted by molar-refractivity contribution is 5.74. The van der Waals surface area contributed by atoms with Crippen molar-refractivity contribution in [3.05, 3.63) is 30.3 Å². The van der Waals surface area contributed by atoms with Gasteiger partial charge in [0, 0.05) is 5.56 Å². The highest BCUT2D eigenvalue weighted by atomic mass is 16.5. The molecule has 0 radical (unpaired) electrons. The molecule has 1 heterocycles. The number of nitrogens with one attached hydrogen (secondary N) is 1. The van der Waals surface area contributed by atoms with E-state index in [9.17, 15) is 4.79 Å². The molecular weight excluding hydrogens is 234 g/mol. The van der Waals surface area contributed by atoms with Gasteiger partial charge in [0.1, 0.15) is 6.54 Å². The number of rotatable bonds is 5. The Kier molecular flexibility index (Phi) is 3.90. The normalized spacial score (nSPS) is 10.1. The fourth-order valence-corrected chi connectivity index (χ4v) is 1.36. The van der Waals surface area contributed by atoms with E-state index in [-0.39, 0.29) is 18.5 Å². The SMILES string of the molecule is CCOC(=O)CNc1nc(-c2ccccc2)no1. The second kappa shape index (κ2) is 5.81. The zero-order chi connectivity index (χ0) is 12.8. The molecule has 0 aliphatic rings. The highest BCUT2D eigenvalue weighted by Gasteiger charge is 2.09. The van der Waals surface area contributed by atoms with Gasteiger partial charge in [-0.15, -0.1) is 0 Å². The molecule has 1 aromatic heterocycles. The first kappa shape index (κ1) is 12.1. The molecule has 0 spiro atoms. The summed E-state index contributed by atoms with van der Waals surface area (Å²) in [6.45, 7) is 2.10. The van der Waals surface area contributed by atoms with Crippen LogP contribution in [0.5, 0.6) is 0 Å². The average molecular weight is 247 g/mol. The zero-order valence-electron chi connectivity index (χ0n) is 9.92. The van der Waals surface area contributed by atoms with Crippen molar-refractivity contribution >= 4 is 12.0 Å². The molecule has 2 aromatic rings. The number of esters is 1. The van der Waals surface area contributed by atoms with E-state index in [1.54, 1.807) is 6.92 Å². The van der Waals surface area contributed by atoms with Crippen molar-refractivity contribution in [3.63, 3.8) is 0 Å². The fraction of sp³-hybridized carbons (Fsp3) is 0.250. The number of ether oxygens (including phenoxy) is 1. The number of carbonyl (C=O) groups excluding carboxylic acids is 1. The van der Waals surface area contributed by atoms with Gasteiger partial charge < -0.3 is 14.6 Å². The Bertz CT molecular complexity index is 510. The van der Waals surface area contributed by atoms with E-state index in [0.717, 1.165) is 5.56 Å². The molecule has 1 N–H and O–H groups in total. The molecular formula is C12H13N3O3. The predicted octanol–water partition coefficient (Wildman–Crippen LogP) is 1.71. The summed E-state index contributed by atoms with van der Waals surface area (Å²) in [7, 11) is 0. The van der Waals surface area contributed by atoms with Crippen LogP contribution >= 0.6 is 0 Å². The molecule has 6 nitrogen and oxygen atoms in total. The van der Waals surface area contributed by atoms with E-state index >= 15 is 0 Å². The number of nitrogens with zero attached hydrogens (tertiary/aromatic N) is 2. The van der Waals surface area contributed by atoms with Crippen LogP contribution in [-0.4, -0.2) is 29.3 Å². The minimum absolute atomic E-state index is 0.00423. The van der Waals surface area contributed by atoms with Crippen molar-refractivity contribution in [2.75, 3.05) is 18.5 Å². The van der Waals surface area contributed by atoms with Gasteiger partial charge in [0.15, 0.2) is 0 Å². The molecule has 0 amide bonds. The third-order valence-electron chi connectivity index (χ3n) is 2.15. The van der Waals surface area contributed by atoms with E-state index in [0.29, 0.717) is 12.4 Å². The van der Waals surface area contributed by atoms with Gasteiger partial charge in [-0.3, -0.25) is 4.79 Å². The largest absolute Gasteiger partial charge is 0.465 e. The number of anilines is 1. The van der Waals surface area contributed by atoms with E-state index < -0.39 is 0 Å². The Morgan fingerprint density at radius 3 is 2.89 bits per heavy atom. The van der Waals surface area contributed by atoms with Crippen LogP contribution in [0, 0.1) is 0 Å². The predicted molar refractivity (Wildman–Crippen MR) is 64.9 cm³/mol. The van der Waals surface area contributed by atoms with Gasteiger partial charge in [-0.05, 0) is 6.92 Å². The molecule has 0 aliphatic carbocycles. The first-order valence-electron chi connectivity index (χ1n) is 5.58. The van der Waals surface area contributed by atoms with Crippen molar-refractivity contribution in [1.29, 1.82) is 0 Å². The molecule has 0 saturated carbocycles. The molecule has 18 heavy (non-hydrogen) atoms. The monoisotopic (exact) mass is 247 g/mol. The molecule has 0 atom stereocenters. The lowest BCUT2D eigenvalue weighted by atomic mass is 10.2. The van der Waals surface area contributed by atoms with Crippen LogP contribution < -0.4 is 5.32 Å². The topological polar surface area (TPSA) is 77.2 Å². The van der Waals surface area contributed by atoms with Crippen LogP contribution in [0.15, 0.2) is 34.9 Å². The molecule has 0 unspecified atom stereocenters. The van der Waals surface area contributed by atoms with E-state index in [2.05, 4.69) is 15.5 Å². The summed E-state index contributed by atoms with van der Waals surface area (Å²) in [5.74, 6) is 0.110. The van der Waals surface area contributed by atoms with E-state index in [1.165, 1.54) is 0 Å². The van der Waals surface area contributed by atoms with Crippen LogP contribution in [0.3, 0.4) is 0 Å². The molecule has 6 heteroatoms. The van der Waals surface area contributed by atoms with Crippen molar-refractivity contribution in [1.82, 2.24) is 10.1 Å². The smallest absolute Gasteiger partial charge is 0.325 e. The van der Waals surface area contributed by atoms with Crippen LogP contribution in [-0.2, 0) is 9.53 Å². The maximum Gasteiger partial charge on any atom is 0.325 e. The third kappa shape index (κ3) is 3.07. The number of hydrogen-bond donors (Lipinski definition) is 1. The van der Waals surface area contributed by atoms with Gasteiger partial charge in [-0.2, -0.15) is 4.98 Å². The zero-order valence-corrected chi connectivity index (χ0v) is 9.92. The number of benzene rings is 1. The van der Waals surface area contributed by atoms with Crippen molar-refractivity contribution in [3.8, 4) is 11.4 Å². The van der Waals surface area contributed by atoms with Crippen LogP contribution in [0.4, 0.5) is 6.01 Å². The summed E-state index contributed by atoms with van der Waals surface area (Å²) in [5.41, 5.74) is 0.852.